The van der Waals surface area contributed by atoms with Gasteiger partial charge < -0.3 is 14.8 Å². The Morgan fingerprint density at radius 3 is 2.75 bits per heavy atom. The summed E-state index contributed by atoms with van der Waals surface area (Å²) in [5.74, 6) is 1.59. The zero-order chi connectivity index (χ0) is 11.5. The van der Waals surface area contributed by atoms with E-state index in [4.69, 9.17) is 4.42 Å². The minimum absolute atomic E-state index is 0.196. The highest BCUT2D eigenvalue weighted by Crippen LogP contribution is 2.18. The molecule has 0 saturated heterocycles. The van der Waals surface area contributed by atoms with Crippen LogP contribution in [0.4, 0.5) is 0 Å². The summed E-state index contributed by atoms with van der Waals surface area (Å²) in [6.07, 6.45) is 4.06. The van der Waals surface area contributed by atoms with E-state index in [0.29, 0.717) is 12.4 Å². The standard InChI is InChI=1S/C12H20N2O2/c1-8-9(2)16-12(14-8)7-13-10-5-3-4-6-11(10)15/h10-11,13,15H,3-7H2,1-2H3/t10-,11-/m1/s1. The average molecular weight is 224 g/mol. The van der Waals surface area contributed by atoms with E-state index in [1.165, 1.54) is 6.42 Å². The first-order chi connectivity index (χ1) is 7.66. The predicted molar refractivity (Wildman–Crippen MR) is 61.1 cm³/mol. The Bertz CT molecular complexity index is 329. The SMILES string of the molecule is Cc1nc(CN[C@@H]2CCCC[C@H]2O)oc1C. The van der Waals surface area contributed by atoms with Crippen molar-refractivity contribution in [2.45, 2.75) is 58.2 Å². The predicted octanol–water partition coefficient (Wildman–Crippen LogP) is 1.68. The van der Waals surface area contributed by atoms with Gasteiger partial charge in [0.2, 0.25) is 5.89 Å². The second-order valence-electron chi connectivity index (χ2n) is 4.59. The molecule has 1 aliphatic rings. The van der Waals surface area contributed by atoms with E-state index in [0.717, 1.165) is 30.7 Å². The highest BCUT2D eigenvalue weighted by atomic mass is 16.4. The van der Waals surface area contributed by atoms with Crippen molar-refractivity contribution in [3.63, 3.8) is 0 Å². The molecule has 4 heteroatoms. The molecule has 1 aromatic heterocycles. The van der Waals surface area contributed by atoms with Crippen LogP contribution in [0.25, 0.3) is 0 Å². The van der Waals surface area contributed by atoms with Crippen molar-refractivity contribution in [1.82, 2.24) is 10.3 Å². The van der Waals surface area contributed by atoms with Crippen molar-refractivity contribution in [3.8, 4) is 0 Å². The van der Waals surface area contributed by atoms with E-state index < -0.39 is 0 Å². The molecule has 0 radical (unpaired) electrons. The maximum atomic E-state index is 9.79. The van der Waals surface area contributed by atoms with Gasteiger partial charge in [-0.05, 0) is 26.7 Å². The molecule has 0 aromatic carbocycles. The van der Waals surface area contributed by atoms with Crippen LogP contribution in [0.1, 0.15) is 43.0 Å². The van der Waals surface area contributed by atoms with Crippen molar-refractivity contribution in [1.29, 1.82) is 0 Å². The summed E-state index contributed by atoms with van der Waals surface area (Å²) >= 11 is 0. The van der Waals surface area contributed by atoms with Crippen LogP contribution in [0.3, 0.4) is 0 Å². The van der Waals surface area contributed by atoms with Gasteiger partial charge in [0.15, 0.2) is 0 Å². The monoisotopic (exact) mass is 224 g/mol. The number of aromatic nitrogens is 1. The molecule has 1 saturated carbocycles. The Morgan fingerprint density at radius 2 is 2.12 bits per heavy atom. The second-order valence-corrected chi connectivity index (χ2v) is 4.59. The lowest BCUT2D eigenvalue weighted by Gasteiger charge is -2.27. The third-order valence-electron chi connectivity index (χ3n) is 3.32. The highest BCUT2D eigenvalue weighted by molar-refractivity contribution is 5.05. The fraction of sp³-hybridized carbons (Fsp3) is 0.750. The van der Waals surface area contributed by atoms with Crippen LogP contribution in [-0.4, -0.2) is 22.2 Å². The summed E-state index contributed by atoms with van der Waals surface area (Å²) in [7, 11) is 0. The van der Waals surface area contributed by atoms with Crippen LogP contribution in [0.5, 0.6) is 0 Å². The number of hydrogen-bond donors (Lipinski definition) is 2. The maximum absolute atomic E-state index is 9.79. The maximum Gasteiger partial charge on any atom is 0.208 e. The molecule has 2 rings (SSSR count). The molecule has 0 bridgehead atoms. The van der Waals surface area contributed by atoms with Gasteiger partial charge in [-0.1, -0.05) is 12.8 Å². The topological polar surface area (TPSA) is 58.3 Å². The molecule has 90 valence electrons. The van der Waals surface area contributed by atoms with E-state index >= 15 is 0 Å². The Labute approximate surface area is 96.1 Å². The fourth-order valence-corrected chi connectivity index (χ4v) is 2.18. The van der Waals surface area contributed by atoms with Gasteiger partial charge in [-0.3, -0.25) is 0 Å². The third-order valence-corrected chi connectivity index (χ3v) is 3.32. The molecule has 1 aliphatic carbocycles. The molecule has 0 amide bonds. The zero-order valence-electron chi connectivity index (χ0n) is 9.99. The first-order valence-corrected chi connectivity index (χ1v) is 6.01. The fourth-order valence-electron chi connectivity index (χ4n) is 2.18. The van der Waals surface area contributed by atoms with Gasteiger partial charge >= 0.3 is 0 Å². The molecule has 16 heavy (non-hydrogen) atoms. The third kappa shape index (κ3) is 2.62. The molecule has 0 unspecified atom stereocenters. The first kappa shape index (κ1) is 11.6. The van der Waals surface area contributed by atoms with E-state index in [1.54, 1.807) is 0 Å². The molecule has 1 heterocycles. The Hall–Kier alpha value is -0.870. The van der Waals surface area contributed by atoms with Gasteiger partial charge in [0.05, 0.1) is 18.3 Å². The number of nitrogens with one attached hydrogen (secondary N) is 1. The lowest BCUT2D eigenvalue weighted by molar-refractivity contribution is 0.0890. The summed E-state index contributed by atoms with van der Waals surface area (Å²) in [5.41, 5.74) is 0.945. The van der Waals surface area contributed by atoms with Crippen molar-refractivity contribution in [3.05, 3.63) is 17.3 Å². The summed E-state index contributed by atoms with van der Waals surface area (Å²) in [4.78, 5) is 4.31. The van der Waals surface area contributed by atoms with Crippen molar-refractivity contribution in [2.24, 2.45) is 0 Å². The Morgan fingerprint density at radius 1 is 1.38 bits per heavy atom. The molecular formula is C12H20N2O2. The number of oxazole rings is 1. The van der Waals surface area contributed by atoms with Gasteiger partial charge in [-0.2, -0.15) is 0 Å². The average Bonchev–Trinajstić information content (AvgIpc) is 2.57. The number of aliphatic hydroxyl groups excluding tert-OH is 1. The van der Waals surface area contributed by atoms with Crippen molar-refractivity contribution >= 4 is 0 Å². The lowest BCUT2D eigenvalue weighted by atomic mass is 9.93. The molecule has 0 aliphatic heterocycles. The van der Waals surface area contributed by atoms with E-state index in [-0.39, 0.29) is 12.1 Å². The van der Waals surface area contributed by atoms with Crippen LogP contribution >= 0.6 is 0 Å². The lowest BCUT2D eigenvalue weighted by Crippen LogP contribution is -2.41. The van der Waals surface area contributed by atoms with Gasteiger partial charge in [0.1, 0.15) is 5.76 Å². The number of nitrogens with zero attached hydrogens (tertiary/aromatic N) is 1. The summed E-state index contributed by atoms with van der Waals surface area (Å²) in [6, 6.07) is 0.196. The van der Waals surface area contributed by atoms with E-state index in [1.807, 2.05) is 13.8 Å². The molecule has 0 spiro atoms. The molecule has 1 aromatic rings. The Balaban J connectivity index is 1.86. The van der Waals surface area contributed by atoms with Crippen molar-refractivity contribution in [2.75, 3.05) is 0 Å². The van der Waals surface area contributed by atoms with Crippen LogP contribution in [0, 0.1) is 13.8 Å². The van der Waals surface area contributed by atoms with Crippen LogP contribution in [0.2, 0.25) is 0 Å². The van der Waals surface area contributed by atoms with E-state index in [9.17, 15) is 5.11 Å². The number of hydrogen-bond acceptors (Lipinski definition) is 4. The van der Waals surface area contributed by atoms with Crippen LogP contribution < -0.4 is 5.32 Å². The minimum atomic E-state index is -0.217. The summed E-state index contributed by atoms with van der Waals surface area (Å²) in [6.45, 7) is 4.47. The number of rotatable bonds is 3. The molecular weight excluding hydrogens is 204 g/mol. The molecule has 4 nitrogen and oxygen atoms in total. The summed E-state index contributed by atoms with van der Waals surface area (Å²) in [5, 5.41) is 13.1. The van der Waals surface area contributed by atoms with Gasteiger partial charge in [-0.15, -0.1) is 0 Å². The summed E-state index contributed by atoms with van der Waals surface area (Å²) < 4.78 is 5.49. The second kappa shape index (κ2) is 4.97. The Kier molecular flexibility index (Phi) is 3.61. The first-order valence-electron chi connectivity index (χ1n) is 6.01. The van der Waals surface area contributed by atoms with Gasteiger partial charge in [0.25, 0.3) is 0 Å². The van der Waals surface area contributed by atoms with Crippen LogP contribution in [-0.2, 0) is 6.54 Å². The molecule has 2 N–H and O–H groups in total. The number of aliphatic hydroxyl groups is 1. The normalized spacial score (nSPS) is 25.9. The highest BCUT2D eigenvalue weighted by Gasteiger charge is 2.22. The van der Waals surface area contributed by atoms with E-state index in [2.05, 4.69) is 10.3 Å². The molecule has 2 atom stereocenters. The zero-order valence-corrected chi connectivity index (χ0v) is 9.99. The quantitative estimate of drug-likeness (QED) is 0.820. The minimum Gasteiger partial charge on any atom is -0.444 e. The smallest absolute Gasteiger partial charge is 0.208 e. The molecule has 1 fully saturated rings. The van der Waals surface area contributed by atoms with Gasteiger partial charge in [-0.25, -0.2) is 4.98 Å². The number of aryl methyl sites for hydroxylation is 2. The van der Waals surface area contributed by atoms with Crippen LogP contribution in [0.15, 0.2) is 4.42 Å². The van der Waals surface area contributed by atoms with Crippen molar-refractivity contribution < 1.29 is 9.52 Å². The van der Waals surface area contributed by atoms with Gasteiger partial charge in [0, 0.05) is 6.04 Å². The largest absolute Gasteiger partial charge is 0.444 e.